The van der Waals surface area contributed by atoms with Gasteiger partial charge in [-0.25, -0.2) is 0 Å². The Morgan fingerprint density at radius 1 is 0.857 bits per heavy atom. The third-order valence-electron chi connectivity index (χ3n) is 6.40. The topological polar surface area (TPSA) is 0 Å². The summed E-state index contributed by atoms with van der Waals surface area (Å²) in [5.41, 5.74) is 12.4. The molecule has 2 aromatic carbocycles. The van der Waals surface area contributed by atoms with E-state index in [-0.39, 0.29) is 10.8 Å². The summed E-state index contributed by atoms with van der Waals surface area (Å²) in [7, 11) is 0. The molecular weight excluding hydrogens is 336 g/mol. The SMILES string of the molecule is CCc1cc2c(c(C3C=CC=C3)c1C(C)(C)C)Cc1cc(C(C)(C)C)ccc1-2. The molecule has 2 aromatic rings. The van der Waals surface area contributed by atoms with E-state index < -0.39 is 0 Å². The van der Waals surface area contributed by atoms with Gasteiger partial charge in [0.25, 0.3) is 0 Å². The Kier molecular flexibility index (Phi) is 4.45. The second kappa shape index (κ2) is 6.48. The van der Waals surface area contributed by atoms with E-state index in [0.717, 1.165) is 12.8 Å². The van der Waals surface area contributed by atoms with E-state index in [1.54, 1.807) is 16.7 Å². The Morgan fingerprint density at radius 3 is 2.11 bits per heavy atom. The molecule has 0 heterocycles. The molecule has 0 bridgehead atoms. The molecule has 4 rings (SSSR count). The van der Waals surface area contributed by atoms with E-state index in [2.05, 4.69) is 97.0 Å². The first-order valence-corrected chi connectivity index (χ1v) is 10.8. The van der Waals surface area contributed by atoms with Gasteiger partial charge in [0.05, 0.1) is 0 Å². The van der Waals surface area contributed by atoms with Gasteiger partial charge in [0, 0.05) is 5.92 Å². The lowest BCUT2D eigenvalue weighted by molar-refractivity contribution is 0.574. The largest absolute Gasteiger partial charge is 0.0732 e. The molecule has 28 heavy (non-hydrogen) atoms. The molecule has 0 amide bonds. The number of rotatable bonds is 2. The first-order valence-electron chi connectivity index (χ1n) is 10.8. The molecule has 2 aliphatic rings. The summed E-state index contributed by atoms with van der Waals surface area (Å²) in [5.74, 6) is 0.408. The Bertz CT molecular complexity index is 972. The summed E-state index contributed by atoms with van der Waals surface area (Å²) in [6.07, 6.45) is 11.3. The molecular formula is C28H34. The van der Waals surface area contributed by atoms with E-state index in [1.807, 2.05) is 0 Å². The summed E-state index contributed by atoms with van der Waals surface area (Å²) in [4.78, 5) is 0. The first kappa shape index (κ1) is 19.2. The van der Waals surface area contributed by atoms with Crippen LogP contribution < -0.4 is 0 Å². The maximum absolute atomic E-state index is 2.50. The highest BCUT2D eigenvalue weighted by atomic mass is 14.4. The third-order valence-corrected chi connectivity index (χ3v) is 6.40. The number of aryl methyl sites for hydroxylation is 1. The van der Waals surface area contributed by atoms with Gasteiger partial charge in [-0.05, 0) is 68.2 Å². The molecule has 146 valence electrons. The second-order valence-corrected chi connectivity index (χ2v) is 10.5. The van der Waals surface area contributed by atoms with Gasteiger partial charge in [0.15, 0.2) is 0 Å². The van der Waals surface area contributed by atoms with Gasteiger partial charge in [-0.1, -0.05) is 97.0 Å². The lowest BCUT2D eigenvalue weighted by Gasteiger charge is -2.30. The number of hydrogen-bond acceptors (Lipinski definition) is 0. The van der Waals surface area contributed by atoms with Crippen LogP contribution in [0.1, 0.15) is 87.8 Å². The maximum atomic E-state index is 2.50. The summed E-state index contributed by atoms with van der Waals surface area (Å²) >= 11 is 0. The molecule has 0 heteroatoms. The molecule has 0 saturated heterocycles. The van der Waals surface area contributed by atoms with E-state index in [9.17, 15) is 0 Å². The molecule has 0 N–H and O–H groups in total. The third kappa shape index (κ3) is 3.08. The van der Waals surface area contributed by atoms with Gasteiger partial charge in [-0.3, -0.25) is 0 Å². The van der Waals surface area contributed by atoms with Gasteiger partial charge in [0.2, 0.25) is 0 Å². The lowest BCUT2D eigenvalue weighted by atomic mass is 9.74. The Morgan fingerprint density at radius 2 is 1.54 bits per heavy atom. The van der Waals surface area contributed by atoms with Gasteiger partial charge in [-0.15, -0.1) is 0 Å². The van der Waals surface area contributed by atoms with Crippen LogP contribution in [0.15, 0.2) is 48.6 Å². The molecule has 0 nitrogen and oxygen atoms in total. The van der Waals surface area contributed by atoms with E-state index in [4.69, 9.17) is 0 Å². The zero-order valence-corrected chi connectivity index (χ0v) is 18.6. The van der Waals surface area contributed by atoms with Crippen LogP contribution in [-0.2, 0) is 23.7 Å². The van der Waals surface area contributed by atoms with Crippen molar-refractivity contribution in [3.63, 3.8) is 0 Å². The van der Waals surface area contributed by atoms with Crippen molar-refractivity contribution in [2.45, 2.75) is 78.1 Å². The minimum Gasteiger partial charge on any atom is -0.0732 e. The van der Waals surface area contributed by atoms with Crippen molar-refractivity contribution in [1.82, 2.24) is 0 Å². The Hall–Kier alpha value is -2.08. The van der Waals surface area contributed by atoms with Crippen LogP contribution in [0, 0.1) is 0 Å². The first-order chi connectivity index (χ1) is 13.1. The molecule has 0 aromatic heterocycles. The van der Waals surface area contributed by atoms with Crippen molar-refractivity contribution in [2.24, 2.45) is 0 Å². The van der Waals surface area contributed by atoms with Crippen molar-refractivity contribution in [2.75, 3.05) is 0 Å². The predicted molar refractivity (Wildman–Crippen MR) is 122 cm³/mol. The quantitative estimate of drug-likeness (QED) is 0.435. The summed E-state index contributed by atoms with van der Waals surface area (Å²) < 4.78 is 0. The van der Waals surface area contributed by atoms with Gasteiger partial charge < -0.3 is 0 Å². The van der Waals surface area contributed by atoms with Crippen LogP contribution >= 0.6 is 0 Å². The Balaban J connectivity index is 1.98. The smallest absolute Gasteiger partial charge is 0.0210 e. The van der Waals surface area contributed by atoms with Crippen molar-refractivity contribution < 1.29 is 0 Å². The molecule has 0 unspecified atom stereocenters. The number of hydrogen-bond donors (Lipinski definition) is 0. The summed E-state index contributed by atoms with van der Waals surface area (Å²) in [5, 5.41) is 0. The van der Waals surface area contributed by atoms with Crippen molar-refractivity contribution in [1.29, 1.82) is 0 Å². The lowest BCUT2D eigenvalue weighted by Crippen LogP contribution is -2.20. The van der Waals surface area contributed by atoms with Crippen molar-refractivity contribution in [3.8, 4) is 11.1 Å². The minimum absolute atomic E-state index is 0.144. The maximum Gasteiger partial charge on any atom is 0.0210 e. The van der Waals surface area contributed by atoms with Crippen LogP contribution in [0.2, 0.25) is 0 Å². The summed E-state index contributed by atoms with van der Waals surface area (Å²) in [6, 6.07) is 9.68. The fourth-order valence-corrected chi connectivity index (χ4v) is 5.05. The van der Waals surface area contributed by atoms with Crippen LogP contribution in [-0.4, -0.2) is 0 Å². The normalized spacial score (nSPS) is 16.0. The van der Waals surface area contributed by atoms with E-state index >= 15 is 0 Å². The molecule has 0 radical (unpaired) electrons. The van der Waals surface area contributed by atoms with Crippen LogP contribution in [0.5, 0.6) is 0 Å². The zero-order chi connectivity index (χ0) is 20.3. The highest BCUT2D eigenvalue weighted by Gasteiger charge is 2.32. The molecule has 0 atom stereocenters. The fourth-order valence-electron chi connectivity index (χ4n) is 5.05. The van der Waals surface area contributed by atoms with E-state index in [0.29, 0.717) is 5.92 Å². The standard InChI is InChI=1S/C28H34/c1-8-18-16-23-22-14-13-21(27(2,3)4)15-20(22)17-24(23)25(19-11-9-10-12-19)26(18)28(5,6)7/h9-16,19H,8,17H2,1-7H3. The highest BCUT2D eigenvalue weighted by Crippen LogP contribution is 2.48. The fraction of sp³-hybridized carbons (Fsp3) is 0.429. The van der Waals surface area contributed by atoms with Gasteiger partial charge in [0.1, 0.15) is 0 Å². The van der Waals surface area contributed by atoms with Gasteiger partial charge in [-0.2, -0.15) is 0 Å². The highest BCUT2D eigenvalue weighted by molar-refractivity contribution is 5.81. The van der Waals surface area contributed by atoms with Crippen molar-refractivity contribution in [3.05, 3.63) is 82.0 Å². The van der Waals surface area contributed by atoms with Crippen LogP contribution in [0.3, 0.4) is 0 Å². The molecule has 0 aliphatic heterocycles. The second-order valence-electron chi connectivity index (χ2n) is 10.5. The van der Waals surface area contributed by atoms with Gasteiger partial charge >= 0.3 is 0 Å². The average molecular weight is 371 g/mol. The zero-order valence-electron chi connectivity index (χ0n) is 18.6. The number of benzene rings is 2. The molecule has 2 aliphatic carbocycles. The summed E-state index contributed by atoms with van der Waals surface area (Å²) in [6.45, 7) is 16.4. The predicted octanol–water partition coefficient (Wildman–Crippen LogP) is 7.62. The van der Waals surface area contributed by atoms with Crippen molar-refractivity contribution >= 4 is 0 Å². The van der Waals surface area contributed by atoms with Crippen LogP contribution in [0.4, 0.5) is 0 Å². The number of allylic oxidation sites excluding steroid dienone is 4. The monoisotopic (exact) mass is 370 g/mol. The minimum atomic E-state index is 0.144. The molecule has 0 spiro atoms. The average Bonchev–Trinajstić information content (AvgIpc) is 3.25. The van der Waals surface area contributed by atoms with E-state index in [1.165, 1.54) is 27.8 Å². The molecule has 0 fully saturated rings. The number of fused-ring (bicyclic) bond motifs is 3. The Labute approximate surface area is 171 Å². The van der Waals surface area contributed by atoms with Crippen LogP contribution in [0.25, 0.3) is 11.1 Å². The molecule has 0 saturated carbocycles.